The van der Waals surface area contributed by atoms with E-state index in [0.717, 1.165) is 0 Å². The van der Waals surface area contributed by atoms with Crippen molar-refractivity contribution in [3.8, 4) is 5.75 Å². The number of anilines is 2. The van der Waals surface area contributed by atoms with Crippen LogP contribution in [-0.2, 0) is 0 Å². The molecule has 4 nitrogen and oxygen atoms in total. The van der Waals surface area contributed by atoms with Gasteiger partial charge in [-0.1, -0.05) is 6.07 Å². The van der Waals surface area contributed by atoms with Gasteiger partial charge in [0.15, 0.2) is 11.6 Å². The van der Waals surface area contributed by atoms with E-state index < -0.39 is 5.82 Å². The molecule has 0 aliphatic rings. The van der Waals surface area contributed by atoms with Gasteiger partial charge in [0.2, 0.25) is 0 Å². The molecule has 0 unspecified atom stereocenters. The summed E-state index contributed by atoms with van der Waals surface area (Å²) in [5, 5.41) is 2.62. The van der Waals surface area contributed by atoms with Gasteiger partial charge in [0, 0.05) is 17.4 Å². The van der Waals surface area contributed by atoms with Gasteiger partial charge in [-0.25, -0.2) is 4.39 Å². The van der Waals surface area contributed by atoms with E-state index in [1.807, 2.05) is 0 Å². The zero-order valence-electron chi connectivity index (χ0n) is 11.3. The van der Waals surface area contributed by atoms with Gasteiger partial charge in [0.1, 0.15) is 0 Å². The Morgan fingerprint density at radius 2 is 2.14 bits per heavy atom. The first kappa shape index (κ1) is 15.3. The molecule has 0 aromatic heterocycles. The largest absolute Gasteiger partial charge is 0.491 e. The molecule has 2 rings (SSSR count). The van der Waals surface area contributed by atoms with Gasteiger partial charge in [-0.15, -0.1) is 0 Å². The van der Waals surface area contributed by atoms with E-state index in [1.165, 1.54) is 12.1 Å². The number of halogens is 2. The van der Waals surface area contributed by atoms with Crippen molar-refractivity contribution in [1.29, 1.82) is 0 Å². The van der Waals surface area contributed by atoms with E-state index in [1.54, 1.807) is 31.2 Å². The molecule has 0 atom stereocenters. The van der Waals surface area contributed by atoms with Crippen molar-refractivity contribution < 1.29 is 13.9 Å². The molecule has 0 saturated carbocycles. The van der Waals surface area contributed by atoms with Gasteiger partial charge in [0.05, 0.1) is 16.6 Å². The average molecular weight is 353 g/mol. The molecule has 6 heteroatoms. The van der Waals surface area contributed by atoms with Crippen molar-refractivity contribution in [3.05, 3.63) is 52.3 Å². The van der Waals surface area contributed by atoms with Crippen LogP contribution in [0.5, 0.6) is 5.75 Å². The van der Waals surface area contributed by atoms with Crippen LogP contribution in [0, 0.1) is 5.82 Å². The highest BCUT2D eigenvalue weighted by molar-refractivity contribution is 9.10. The van der Waals surface area contributed by atoms with Crippen LogP contribution in [0.4, 0.5) is 15.8 Å². The van der Waals surface area contributed by atoms with E-state index in [-0.39, 0.29) is 11.7 Å². The fourth-order valence-corrected chi connectivity index (χ4v) is 2.22. The van der Waals surface area contributed by atoms with Crippen LogP contribution in [0.15, 0.2) is 40.9 Å². The Hall–Kier alpha value is -2.08. The van der Waals surface area contributed by atoms with E-state index >= 15 is 0 Å². The molecule has 110 valence electrons. The number of nitrogen functional groups attached to an aromatic ring is 1. The first-order valence-electron chi connectivity index (χ1n) is 6.30. The Bertz CT molecular complexity index is 677. The summed E-state index contributed by atoms with van der Waals surface area (Å²) in [7, 11) is 0. The number of rotatable bonds is 4. The second kappa shape index (κ2) is 6.58. The lowest BCUT2D eigenvalue weighted by atomic mass is 10.2. The number of carbonyl (C=O) groups is 1. The first-order chi connectivity index (χ1) is 10.0. The topological polar surface area (TPSA) is 64.3 Å². The third-order valence-electron chi connectivity index (χ3n) is 2.76. The minimum absolute atomic E-state index is 0.153. The second-order valence-corrected chi connectivity index (χ2v) is 5.03. The molecule has 0 radical (unpaired) electrons. The van der Waals surface area contributed by atoms with Crippen molar-refractivity contribution in [2.75, 3.05) is 17.7 Å². The van der Waals surface area contributed by atoms with Gasteiger partial charge in [-0.3, -0.25) is 4.79 Å². The molecule has 1 amide bonds. The van der Waals surface area contributed by atoms with Crippen molar-refractivity contribution in [3.63, 3.8) is 0 Å². The van der Waals surface area contributed by atoms with Gasteiger partial charge in [0.25, 0.3) is 5.91 Å². The van der Waals surface area contributed by atoms with E-state index in [4.69, 9.17) is 10.5 Å². The van der Waals surface area contributed by atoms with Crippen molar-refractivity contribution in [2.24, 2.45) is 0 Å². The highest BCUT2D eigenvalue weighted by Gasteiger charge is 2.13. The summed E-state index contributed by atoms with van der Waals surface area (Å²) in [5.41, 5.74) is 6.91. The summed E-state index contributed by atoms with van der Waals surface area (Å²) >= 11 is 3.26. The number of amides is 1. The zero-order valence-corrected chi connectivity index (χ0v) is 12.9. The Morgan fingerprint density at radius 1 is 1.38 bits per heavy atom. The summed E-state index contributed by atoms with van der Waals surface area (Å²) < 4.78 is 19.3. The van der Waals surface area contributed by atoms with Crippen molar-refractivity contribution in [2.45, 2.75) is 6.92 Å². The normalized spacial score (nSPS) is 10.2. The predicted molar refractivity (Wildman–Crippen MR) is 84.1 cm³/mol. The van der Waals surface area contributed by atoms with E-state index in [0.29, 0.717) is 28.0 Å². The molecule has 21 heavy (non-hydrogen) atoms. The van der Waals surface area contributed by atoms with Crippen LogP contribution in [0.1, 0.15) is 17.3 Å². The van der Waals surface area contributed by atoms with Gasteiger partial charge in [-0.2, -0.15) is 0 Å². The SMILES string of the molecule is CCOc1ccc(NC(=O)c2cccc(N)c2Br)cc1F. The Kier molecular flexibility index (Phi) is 4.80. The van der Waals surface area contributed by atoms with Gasteiger partial charge < -0.3 is 15.8 Å². The molecular formula is C15H14BrFN2O2. The maximum absolute atomic E-state index is 13.7. The molecule has 0 spiro atoms. The fourth-order valence-electron chi connectivity index (χ4n) is 1.77. The van der Waals surface area contributed by atoms with Crippen LogP contribution in [0.3, 0.4) is 0 Å². The second-order valence-electron chi connectivity index (χ2n) is 4.24. The summed E-state index contributed by atoms with van der Waals surface area (Å²) in [5.74, 6) is -0.750. The lowest BCUT2D eigenvalue weighted by molar-refractivity contribution is 0.102. The van der Waals surface area contributed by atoms with Crippen LogP contribution in [-0.4, -0.2) is 12.5 Å². The maximum atomic E-state index is 13.7. The minimum Gasteiger partial charge on any atom is -0.491 e. The number of hydrogen-bond acceptors (Lipinski definition) is 3. The molecule has 2 aromatic carbocycles. The summed E-state index contributed by atoms with van der Waals surface area (Å²) in [6.07, 6.45) is 0. The van der Waals surface area contributed by atoms with Crippen LogP contribution in [0.25, 0.3) is 0 Å². The molecule has 0 fully saturated rings. The number of benzene rings is 2. The molecule has 0 aliphatic heterocycles. The molecule has 0 saturated heterocycles. The number of hydrogen-bond donors (Lipinski definition) is 2. The number of carbonyl (C=O) groups excluding carboxylic acids is 1. The van der Waals surface area contributed by atoms with Crippen molar-refractivity contribution >= 4 is 33.2 Å². The standard InChI is InChI=1S/C15H14BrFN2O2/c1-2-21-13-7-6-9(8-11(13)17)19-15(20)10-4-3-5-12(18)14(10)16/h3-8H,2,18H2,1H3,(H,19,20). The minimum atomic E-state index is -0.527. The van der Waals surface area contributed by atoms with Crippen molar-refractivity contribution in [1.82, 2.24) is 0 Å². The quantitative estimate of drug-likeness (QED) is 0.822. The molecular weight excluding hydrogens is 339 g/mol. The molecule has 0 bridgehead atoms. The third-order valence-corrected chi connectivity index (χ3v) is 3.65. The monoisotopic (exact) mass is 352 g/mol. The van der Waals surface area contributed by atoms with Gasteiger partial charge in [-0.05, 0) is 47.1 Å². The summed E-state index contributed by atoms with van der Waals surface area (Å²) in [4.78, 5) is 12.2. The highest BCUT2D eigenvalue weighted by atomic mass is 79.9. The van der Waals surface area contributed by atoms with E-state index in [2.05, 4.69) is 21.2 Å². The van der Waals surface area contributed by atoms with Crippen LogP contribution in [0.2, 0.25) is 0 Å². The molecule has 2 aromatic rings. The summed E-state index contributed by atoms with van der Waals surface area (Å²) in [6.45, 7) is 2.14. The average Bonchev–Trinajstić information content (AvgIpc) is 2.45. The smallest absolute Gasteiger partial charge is 0.256 e. The molecule has 0 heterocycles. The number of nitrogens with two attached hydrogens (primary N) is 1. The Labute approximate surface area is 130 Å². The van der Waals surface area contributed by atoms with Gasteiger partial charge >= 0.3 is 0 Å². The fraction of sp³-hybridized carbons (Fsp3) is 0.133. The van der Waals surface area contributed by atoms with Crippen LogP contribution < -0.4 is 15.8 Å². The third kappa shape index (κ3) is 3.52. The molecule has 3 N–H and O–H groups in total. The first-order valence-corrected chi connectivity index (χ1v) is 7.10. The number of ether oxygens (including phenoxy) is 1. The Morgan fingerprint density at radius 3 is 2.81 bits per heavy atom. The predicted octanol–water partition coefficient (Wildman–Crippen LogP) is 3.82. The van der Waals surface area contributed by atoms with Crippen LogP contribution >= 0.6 is 15.9 Å². The number of nitrogens with one attached hydrogen (secondary N) is 1. The highest BCUT2D eigenvalue weighted by Crippen LogP contribution is 2.26. The zero-order chi connectivity index (χ0) is 15.4. The van der Waals surface area contributed by atoms with E-state index in [9.17, 15) is 9.18 Å². The Balaban J connectivity index is 2.20. The summed E-state index contributed by atoms with van der Waals surface area (Å²) in [6, 6.07) is 9.24. The lowest BCUT2D eigenvalue weighted by Crippen LogP contribution is -2.13. The maximum Gasteiger partial charge on any atom is 0.256 e. The molecule has 0 aliphatic carbocycles. The lowest BCUT2D eigenvalue weighted by Gasteiger charge is -2.10.